The molecule has 0 saturated heterocycles. The lowest BCUT2D eigenvalue weighted by Crippen LogP contribution is -2.36. The monoisotopic (exact) mass is 221 g/mol. The number of unbranched alkanes of at least 4 members (excludes halogenated alkanes) is 3. The maximum atomic E-state index is 5.56. The van der Waals surface area contributed by atoms with Gasteiger partial charge in [0.05, 0.1) is 0 Å². The number of hydrogen-bond donors (Lipinski definition) is 2. The number of nitrogens with zero attached hydrogens (tertiary/aromatic N) is 1. The van der Waals surface area contributed by atoms with Crippen LogP contribution in [0.15, 0.2) is 24.4 Å². The first-order valence-corrected chi connectivity index (χ1v) is 6.22. The van der Waals surface area contributed by atoms with Gasteiger partial charge in [-0.3, -0.25) is 16.3 Å². The van der Waals surface area contributed by atoms with Crippen LogP contribution in [0, 0.1) is 0 Å². The Labute approximate surface area is 98.4 Å². The van der Waals surface area contributed by atoms with Gasteiger partial charge in [0.25, 0.3) is 0 Å². The number of hydrogen-bond acceptors (Lipinski definition) is 3. The summed E-state index contributed by atoms with van der Waals surface area (Å²) in [4.78, 5) is 4.32. The lowest BCUT2D eigenvalue weighted by Gasteiger charge is -2.15. The van der Waals surface area contributed by atoms with Crippen molar-refractivity contribution < 1.29 is 0 Å². The average molecular weight is 221 g/mol. The van der Waals surface area contributed by atoms with Gasteiger partial charge in [-0.2, -0.15) is 0 Å². The van der Waals surface area contributed by atoms with Crippen LogP contribution in [-0.2, 0) is 6.42 Å². The molecule has 3 heteroatoms. The summed E-state index contributed by atoms with van der Waals surface area (Å²) in [7, 11) is 0. The number of nitrogens with one attached hydrogen (secondary N) is 1. The first-order valence-electron chi connectivity index (χ1n) is 6.22. The summed E-state index contributed by atoms with van der Waals surface area (Å²) in [5, 5.41) is 0. The molecule has 0 saturated carbocycles. The molecule has 1 aromatic rings. The number of rotatable bonds is 8. The molecule has 0 fully saturated rings. The smallest absolute Gasteiger partial charge is 0.0419 e. The maximum absolute atomic E-state index is 5.56. The SMILES string of the molecule is CCCCCCC(Cc1ccccn1)NN. The van der Waals surface area contributed by atoms with E-state index in [9.17, 15) is 0 Å². The molecule has 0 radical (unpaired) electrons. The number of nitrogens with two attached hydrogens (primary N) is 1. The van der Waals surface area contributed by atoms with Crippen molar-refractivity contribution in [1.29, 1.82) is 0 Å². The van der Waals surface area contributed by atoms with Crippen molar-refractivity contribution in [1.82, 2.24) is 10.4 Å². The van der Waals surface area contributed by atoms with Crippen LogP contribution < -0.4 is 11.3 Å². The summed E-state index contributed by atoms with van der Waals surface area (Å²) in [6, 6.07) is 6.37. The van der Waals surface area contributed by atoms with Crippen LogP contribution >= 0.6 is 0 Å². The second kappa shape index (κ2) is 8.25. The fourth-order valence-corrected chi connectivity index (χ4v) is 1.83. The predicted molar refractivity (Wildman–Crippen MR) is 67.8 cm³/mol. The van der Waals surface area contributed by atoms with Gasteiger partial charge in [0, 0.05) is 24.4 Å². The Morgan fingerprint density at radius 2 is 2.19 bits per heavy atom. The van der Waals surface area contributed by atoms with Crippen LogP contribution in [0.1, 0.15) is 44.7 Å². The molecule has 1 heterocycles. The van der Waals surface area contributed by atoms with Crippen LogP contribution in [0.3, 0.4) is 0 Å². The highest BCUT2D eigenvalue weighted by Crippen LogP contribution is 2.08. The molecule has 0 bridgehead atoms. The normalized spacial score (nSPS) is 12.6. The van der Waals surface area contributed by atoms with Gasteiger partial charge in [-0.05, 0) is 18.6 Å². The van der Waals surface area contributed by atoms with E-state index in [2.05, 4.69) is 23.4 Å². The fourth-order valence-electron chi connectivity index (χ4n) is 1.83. The molecule has 3 N–H and O–H groups in total. The highest BCUT2D eigenvalue weighted by molar-refractivity contribution is 5.05. The van der Waals surface area contributed by atoms with Crippen molar-refractivity contribution in [3.8, 4) is 0 Å². The standard InChI is InChI=1S/C13H23N3/c1-2-3-4-5-9-13(16-14)11-12-8-6-7-10-15-12/h6-8,10,13,16H,2-5,9,11,14H2,1H3. The third-order valence-electron chi connectivity index (χ3n) is 2.82. The van der Waals surface area contributed by atoms with Crippen molar-refractivity contribution in [3.63, 3.8) is 0 Å². The minimum absolute atomic E-state index is 0.353. The van der Waals surface area contributed by atoms with Gasteiger partial charge in [-0.1, -0.05) is 38.7 Å². The second-order valence-corrected chi connectivity index (χ2v) is 4.24. The van der Waals surface area contributed by atoms with Crippen molar-refractivity contribution in [2.24, 2.45) is 5.84 Å². The highest BCUT2D eigenvalue weighted by atomic mass is 15.2. The first-order chi connectivity index (χ1) is 7.86. The molecule has 3 nitrogen and oxygen atoms in total. The van der Waals surface area contributed by atoms with E-state index < -0.39 is 0 Å². The Hall–Kier alpha value is -0.930. The number of hydrazine groups is 1. The van der Waals surface area contributed by atoms with Gasteiger partial charge >= 0.3 is 0 Å². The predicted octanol–water partition coefficient (Wildman–Crippen LogP) is 2.43. The Morgan fingerprint density at radius 1 is 1.31 bits per heavy atom. The van der Waals surface area contributed by atoms with Crippen molar-refractivity contribution in [3.05, 3.63) is 30.1 Å². The van der Waals surface area contributed by atoms with E-state index in [1.54, 1.807) is 0 Å². The van der Waals surface area contributed by atoms with Gasteiger partial charge in [0.15, 0.2) is 0 Å². The average Bonchev–Trinajstić information content (AvgIpc) is 2.34. The molecular formula is C13H23N3. The summed E-state index contributed by atoms with van der Waals surface area (Å²) in [6.07, 6.45) is 9.03. The van der Waals surface area contributed by atoms with Crippen molar-refractivity contribution >= 4 is 0 Å². The Bertz CT molecular complexity index is 261. The lowest BCUT2D eigenvalue weighted by molar-refractivity contribution is 0.460. The number of aromatic nitrogens is 1. The van der Waals surface area contributed by atoms with Gasteiger partial charge in [-0.25, -0.2) is 0 Å². The van der Waals surface area contributed by atoms with Gasteiger partial charge in [0.2, 0.25) is 0 Å². The van der Waals surface area contributed by atoms with E-state index in [0.29, 0.717) is 6.04 Å². The van der Waals surface area contributed by atoms with E-state index >= 15 is 0 Å². The summed E-state index contributed by atoms with van der Waals surface area (Å²) in [5.74, 6) is 5.56. The van der Waals surface area contributed by atoms with E-state index in [1.807, 2.05) is 18.3 Å². The summed E-state index contributed by atoms with van der Waals surface area (Å²) in [5.41, 5.74) is 4.00. The van der Waals surface area contributed by atoms with Gasteiger partial charge in [0.1, 0.15) is 0 Å². The molecule has 0 spiro atoms. The Balaban J connectivity index is 2.26. The van der Waals surface area contributed by atoms with E-state index in [4.69, 9.17) is 5.84 Å². The highest BCUT2D eigenvalue weighted by Gasteiger charge is 2.07. The molecule has 0 aliphatic heterocycles. The van der Waals surface area contributed by atoms with Crippen LogP contribution in [-0.4, -0.2) is 11.0 Å². The molecule has 0 aliphatic rings. The third kappa shape index (κ3) is 5.24. The number of pyridine rings is 1. The van der Waals surface area contributed by atoms with Crippen LogP contribution in [0.2, 0.25) is 0 Å². The van der Waals surface area contributed by atoms with E-state index in [-0.39, 0.29) is 0 Å². The van der Waals surface area contributed by atoms with E-state index in [0.717, 1.165) is 18.5 Å². The maximum Gasteiger partial charge on any atom is 0.0419 e. The quantitative estimate of drug-likeness (QED) is 0.403. The largest absolute Gasteiger partial charge is 0.271 e. The molecule has 1 atom stereocenters. The second-order valence-electron chi connectivity index (χ2n) is 4.24. The van der Waals surface area contributed by atoms with Gasteiger partial charge in [-0.15, -0.1) is 0 Å². The van der Waals surface area contributed by atoms with Crippen LogP contribution in [0.25, 0.3) is 0 Å². The molecule has 1 unspecified atom stereocenters. The van der Waals surface area contributed by atoms with Crippen molar-refractivity contribution in [2.75, 3.05) is 0 Å². The summed E-state index contributed by atoms with van der Waals surface area (Å²) >= 11 is 0. The first kappa shape index (κ1) is 13.1. The molecule has 0 aromatic carbocycles. The molecule has 0 amide bonds. The van der Waals surface area contributed by atoms with Crippen LogP contribution in [0.4, 0.5) is 0 Å². The third-order valence-corrected chi connectivity index (χ3v) is 2.82. The zero-order valence-electron chi connectivity index (χ0n) is 10.2. The molecular weight excluding hydrogens is 198 g/mol. The minimum atomic E-state index is 0.353. The van der Waals surface area contributed by atoms with Crippen LogP contribution in [0.5, 0.6) is 0 Å². The molecule has 90 valence electrons. The topological polar surface area (TPSA) is 50.9 Å². The summed E-state index contributed by atoms with van der Waals surface area (Å²) in [6.45, 7) is 2.23. The summed E-state index contributed by atoms with van der Waals surface area (Å²) < 4.78 is 0. The zero-order valence-corrected chi connectivity index (χ0v) is 10.2. The van der Waals surface area contributed by atoms with E-state index in [1.165, 1.54) is 25.7 Å². The Morgan fingerprint density at radius 3 is 2.81 bits per heavy atom. The molecule has 1 aromatic heterocycles. The van der Waals surface area contributed by atoms with Crippen molar-refractivity contribution in [2.45, 2.75) is 51.5 Å². The van der Waals surface area contributed by atoms with Gasteiger partial charge < -0.3 is 0 Å². The molecule has 16 heavy (non-hydrogen) atoms. The Kier molecular flexibility index (Phi) is 6.77. The lowest BCUT2D eigenvalue weighted by atomic mass is 10.0. The zero-order chi connectivity index (χ0) is 11.6. The minimum Gasteiger partial charge on any atom is -0.271 e. The fraction of sp³-hybridized carbons (Fsp3) is 0.615. The molecule has 0 aliphatic carbocycles. The molecule has 1 rings (SSSR count).